The van der Waals surface area contributed by atoms with Gasteiger partial charge in [0.25, 0.3) is 0 Å². The highest BCUT2D eigenvalue weighted by Crippen LogP contribution is 2.29. The van der Waals surface area contributed by atoms with Gasteiger partial charge in [-0.25, -0.2) is 0 Å². The van der Waals surface area contributed by atoms with Crippen LogP contribution in [0.2, 0.25) is 0 Å². The molecule has 0 saturated carbocycles. The van der Waals surface area contributed by atoms with Crippen molar-refractivity contribution in [2.75, 3.05) is 39.0 Å². The average Bonchev–Trinajstić information content (AvgIpc) is 3.08. The molecule has 0 aliphatic heterocycles. The van der Waals surface area contributed by atoms with Crippen LogP contribution in [0, 0.1) is 0 Å². The van der Waals surface area contributed by atoms with Crippen molar-refractivity contribution in [2.45, 2.75) is 31.5 Å². The predicted molar refractivity (Wildman–Crippen MR) is 105 cm³/mol. The first-order chi connectivity index (χ1) is 13.0. The third kappa shape index (κ3) is 5.61. The predicted octanol–water partition coefficient (Wildman–Crippen LogP) is 2.80. The summed E-state index contributed by atoms with van der Waals surface area (Å²) in [6.45, 7) is 5.32. The van der Waals surface area contributed by atoms with Crippen LogP contribution in [-0.4, -0.2) is 54.4 Å². The lowest BCUT2D eigenvalue weighted by atomic mass is 10.2. The number of hydrogen-bond donors (Lipinski definition) is 1. The molecule has 1 N–H and O–H groups in total. The number of carbonyl (C=O) groups is 1. The highest BCUT2D eigenvalue weighted by atomic mass is 32.2. The van der Waals surface area contributed by atoms with Crippen LogP contribution in [0.25, 0.3) is 0 Å². The Balaban J connectivity index is 2.03. The maximum Gasteiger partial charge on any atom is 0.234 e. The molecule has 0 unspecified atom stereocenters. The summed E-state index contributed by atoms with van der Waals surface area (Å²) in [5.74, 6) is 2.37. The maximum absolute atomic E-state index is 12.4. The molecule has 0 aliphatic rings. The molecule has 0 fully saturated rings. The summed E-state index contributed by atoms with van der Waals surface area (Å²) in [6, 6.07) is 5.23. The summed E-state index contributed by atoms with van der Waals surface area (Å²) in [5.41, 5.74) is 0.590. The lowest BCUT2D eigenvalue weighted by Crippen LogP contribution is -2.16. The number of hydrogen-bond acceptors (Lipinski definition) is 7. The molecule has 0 radical (unpaired) electrons. The van der Waals surface area contributed by atoms with Crippen LogP contribution >= 0.6 is 11.8 Å². The molecule has 1 heterocycles. The lowest BCUT2D eigenvalue weighted by Gasteiger charge is -2.12. The first-order valence-corrected chi connectivity index (χ1v) is 9.55. The highest BCUT2D eigenvalue weighted by Gasteiger charge is 2.17. The Bertz CT molecular complexity index is 764. The summed E-state index contributed by atoms with van der Waals surface area (Å²) >= 11 is 1.34. The van der Waals surface area contributed by atoms with E-state index in [1.807, 2.05) is 4.57 Å². The van der Waals surface area contributed by atoms with Gasteiger partial charge in [-0.2, -0.15) is 0 Å². The minimum Gasteiger partial charge on any atom is -0.497 e. The van der Waals surface area contributed by atoms with E-state index in [1.54, 1.807) is 39.5 Å². The second kappa shape index (κ2) is 10.2. The summed E-state index contributed by atoms with van der Waals surface area (Å²) in [4.78, 5) is 12.4. The molecule has 2 rings (SSSR count). The minimum atomic E-state index is -0.157. The van der Waals surface area contributed by atoms with Crippen molar-refractivity contribution >= 4 is 23.4 Å². The zero-order valence-electron chi connectivity index (χ0n) is 16.3. The smallest absolute Gasteiger partial charge is 0.234 e. The lowest BCUT2D eigenvalue weighted by molar-refractivity contribution is -0.113. The standard InChI is InChI=1S/C18H26N4O4S/c1-12(2)17-20-21-18(22(17)8-9-24-3)27-11-16(23)19-14-7-6-13(25-4)10-15(14)26-5/h6-7,10,12H,8-9,11H2,1-5H3,(H,19,23). The van der Waals surface area contributed by atoms with Crippen LogP contribution in [0.4, 0.5) is 5.69 Å². The largest absolute Gasteiger partial charge is 0.497 e. The number of amides is 1. The van der Waals surface area contributed by atoms with E-state index in [1.165, 1.54) is 11.8 Å². The number of anilines is 1. The average molecular weight is 394 g/mol. The fourth-order valence-corrected chi connectivity index (χ4v) is 3.22. The summed E-state index contributed by atoms with van der Waals surface area (Å²) in [6.07, 6.45) is 0. The van der Waals surface area contributed by atoms with Gasteiger partial charge in [0.1, 0.15) is 17.3 Å². The van der Waals surface area contributed by atoms with Crippen LogP contribution in [0.15, 0.2) is 23.4 Å². The Morgan fingerprint density at radius 1 is 1.22 bits per heavy atom. The van der Waals surface area contributed by atoms with E-state index in [0.29, 0.717) is 35.5 Å². The van der Waals surface area contributed by atoms with Crippen LogP contribution in [0.3, 0.4) is 0 Å². The molecule has 0 saturated heterocycles. The Morgan fingerprint density at radius 3 is 2.63 bits per heavy atom. The summed E-state index contributed by atoms with van der Waals surface area (Å²) in [7, 11) is 4.78. The van der Waals surface area contributed by atoms with Crippen LogP contribution in [0.5, 0.6) is 11.5 Å². The number of ether oxygens (including phenoxy) is 3. The monoisotopic (exact) mass is 394 g/mol. The molecule has 0 spiro atoms. The SMILES string of the molecule is COCCn1c(SCC(=O)Nc2ccc(OC)cc2OC)nnc1C(C)C. The van der Waals surface area contributed by atoms with E-state index in [0.717, 1.165) is 5.82 Å². The molecule has 148 valence electrons. The molecule has 0 atom stereocenters. The third-order valence-corrected chi connectivity index (χ3v) is 4.76. The van der Waals surface area contributed by atoms with E-state index in [9.17, 15) is 4.79 Å². The number of nitrogens with one attached hydrogen (secondary N) is 1. The molecule has 2 aromatic rings. The van der Waals surface area contributed by atoms with Crippen LogP contribution in [0.1, 0.15) is 25.6 Å². The number of rotatable bonds is 10. The topological polar surface area (TPSA) is 87.5 Å². The van der Waals surface area contributed by atoms with Crippen molar-refractivity contribution in [3.8, 4) is 11.5 Å². The normalized spacial score (nSPS) is 10.9. The Kier molecular flexibility index (Phi) is 7.93. The molecular formula is C18H26N4O4S. The van der Waals surface area contributed by atoms with E-state index in [-0.39, 0.29) is 17.6 Å². The zero-order valence-corrected chi connectivity index (χ0v) is 17.1. The summed E-state index contributed by atoms with van der Waals surface area (Å²) < 4.78 is 17.6. The number of benzene rings is 1. The Morgan fingerprint density at radius 2 is 2.00 bits per heavy atom. The second-order valence-electron chi connectivity index (χ2n) is 6.04. The van der Waals surface area contributed by atoms with Gasteiger partial charge in [0, 0.05) is 25.6 Å². The van der Waals surface area contributed by atoms with Crippen LogP contribution in [-0.2, 0) is 16.1 Å². The minimum absolute atomic E-state index is 0.157. The molecule has 1 aromatic heterocycles. The second-order valence-corrected chi connectivity index (χ2v) is 6.99. The van der Waals surface area contributed by atoms with Crippen molar-refractivity contribution in [3.63, 3.8) is 0 Å². The number of aromatic nitrogens is 3. The first-order valence-electron chi connectivity index (χ1n) is 8.56. The van der Waals surface area contributed by atoms with E-state index < -0.39 is 0 Å². The van der Waals surface area contributed by atoms with Gasteiger partial charge < -0.3 is 24.1 Å². The molecule has 0 aliphatic carbocycles. The molecule has 0 bridgehead atoms. The van der Waals surface area contributed by atoms with Crippen molar-refractivity contribution in [3.05, 3.63) is 24.0 Å². The molecular weight excluding hydrogens is 368 g/mol. The van der Waals surface area contributed by atoms with Crippen molar-refractivity contribution < 1.29 is 19.0 Å². The van der Waals surface area contributed by atoms with Crippen molar-refractivity contribution in [1.82, 2.24) is 14.8 Å². The van der Waals surface area contributed by atoms with Gasteiger partial charge in [0.2, 0.25) is 5.91 Å². The summed E-state index contributed by atoms with van der Waals surface area (Å²) in [5, 5.41) is 12.0. The van der Waals surface area contributed by atoms with Gasteiger partial charge in [-0.3, -0.25) is 4.79 Å². The number of carbonyl (C=O) groups excluding carboxylic acids is 1. The molecule has 1 amide bonds. The number of methoxy groups -OCH3 is 3. The maximum atomic E-state index is 12.4. The van der Waals surface area contributed by atoms with Crippen molar-refractivity contribution in [2.24, 2.45) is 0 Å². The first kappa shape index (κ1) is 21.0. The fraction of sp³-hybridized carbons (Fsp3) is 0.500. The van der Waals surface area contributed by atoms with Gasteiger partial charge in [0.05, 0.1) is 32.3 Å². The Labute approximate surface area is 163 Å². The van der Waals surface area contributed by atoms with Gasteiger partial charge in [-0.1, -0.05) is 25.6 Å². The quantitative estimate of drug-likeness (QED) is 0.620. The van der Waals surface area contributed by atoms with Gasteiger partial charge in [-0.15, -0.1) is 10.2 Å². The van der Waals surface area contributed by atoms with E-state index in [2.05, 4.69) is 29.4 Å². The fourth-order valence-electron chi connectivity index (χ4n) is 2.44. The molecule has 27 heavy (non-hydrogen) atoms. The van der Waals surface area contributed by atoms with Gasteiger partial charge in [0.15, 0.2) is 5.16 Å². The van der Waals surface area contributed by atoms with Gasteiger partial charge in [-0.05, 0) is 12.1 Å². The van der Waals surface area contributed by atoms with E-state index in [4.69, 9.17) is 14.2 Å². The molecule has 1 aromatic carbocycles. The van der Waals surface area contributed by atoms with Crippen molar-refractivity contribution in [1.29, 1.82) is 0 Å². The van der Waals surface area contributed by atoms with Gasteiger partial charge >= 0.3 is 0 Å². The van der Waals surface area contributed by atoms with Crippen LogP contribution < -0.4 is 14.8 Å². The number of nitrogens with zero attached hydrogens (tertiary/aromatic N) is 3. The third-order valence-electron chi connectivity index (χ3n) is 3.80. The molecule has 8 nitrogen and oxygen atoms in total. The Hall–Kier alpha value is -2.26. The molecule has 9 heteroatoms. The number of thioether (sulfide) groups is 1. The van der Waals surface area contributed by atoms with E-state index >= 15 is 0 Å². The zero-order chi connectivity index (χ0) is 19.8. The highest BCUT2D eigenvalue weighted by molar-refractivity contribution is 7.99.